The van der Waals surface area contributed by atoms with Crippen molar-refractivity contribution in [2.75, 3.05) is 25.2 Å². The second-order valence-corrected chi connectivity index (χ2v) is 11.1. The van der Waals surface area contributed by atoms with Crippen LogP contribution >= 0.6 is 11.3 Å². The number of pyridine rings is 1. The van der Waals surface area contributed by atoms with Crippen LogP contribution in [0, 0.1) is 11.3 Å². The second kappa shape index (κ2) is 8.49. The van der Waals surface area contributed by atoms with Crippen molar-refractivity contribution < 1.29 is 21.9 Å². The average Bonchev–Trinajstić information content (AvgIpc) is 3.22. The number of sulfonamides is 1. The normalized spacial score (nSPS) is 18.3. The number of rotatable bonds is 7. The van der Waals surface area contributed by atoms with Gasteiger partial charge in [0.2, 0.25) is 10.0 Å². The first-order valence-corrected chi connectivity index (χ1v) is 12.9. The highest BCUT2D eigenvalue weighted by Crippen LogP contribution is 2.38. The second-order valence-electron chi connectivity index (χ2n) is 8.40. The number of nitriles is 1. The van der Waals surface area contributed by atoms with Gasteiger partial charge >= 0.3 is 0 Å². The lowest BCUT2D eigenvalue weighted by atomic mass is 10.1. The third kappa shape index (κ3) is 4.13. The van der Waals surface area contributed by atoms with E-state index < -0.39 is 27.0 Å². The molecule has 3 aromatic rings. The lowest BCUT2D eigenvalue weighted by Gasteiger charge is -2.33. The third-order valence-corrected chi connectivity index (χ3v) is 8.59. The summed E-state index contributed by atoms with van der Waals surface area (Å²) in [5.41, 5.74) is -0.452. The fraction of sp³-hybridized carbons (Fsp3) is 0.500. The summed E-state index contributed by atoms with van der Waals surface area (Å²) >= 11 is 0.707. The van der Waals surface area contributed by atoms with Crippen LogP contribution in [-0.2, 0) is 14.8 Å². The maximum atomic E-state index is 13.2. The summed E-state index contributed by atoms with van der Waals surface area (Å²) in [5.74, 6) is 0.559. The van der Waals surface area contributed by atoms with E-state index in [1.165, 1.54) is 18.5 Å². The standard InChI is InChI=1S/C20H21F2N7O3S2/c1-28(12-2-6-32-7-3-12)15-9-13(34(30,31)27-20(10-23)4-5-20)8-14-16(24-11-29(14)15)18-25-26-19(33-18)17(21)22/h8-9,11-12,17,27H,2-7H2,1H3. The minimum atomic E-state index is -4.05. The highest BCUT2D eigenvalue weighted by atomic mass is 32.2. The third-order valence-electron chi connectivity index (χ3n) is 6.14. The molecule has 180 valence electrons. The van der Waals surface area contributed by atoms with E-state index in [9.17, 15) is 22.5 Å². The number of nitrogens with zero attached hydrogens (tertiary/aromatic N) is 6. The molecule has 14 heteroatoms. The van der Waals surface area contributed by atoms with Gasteiger partial charge in [0.1, 0.15) is 23.4 Å². The molecular weight excluding hydrogens is 488 g/mol. The van der Waals surface area contributed by atoms with Gasteiger partial charge in [-0.3, -0.25) is 4.40 Å². The molecule has 1 aliphatic carbocycles. The molecule has 1 saturated heterocycles. The zero-order valence-corrected chi connectivity index (χ0v) is 19.7. The van der Waals surface area contributed by atoms with Gasteiger partial charge in [-0.15, -0.1) is 10.2 Å². The van der Waals surface area contributed by atoms with Crippen LogP contribution in [0.25, 0.3) is 16.2 Å². The zero-order chi connectivity index (χ0) is 24.1. The van der Waals surface area contributed by atoms with Gasteiger partial charge in [0.05, 0.1) is 16.5 Å². The van der Waals surface area contributed by atoms with Crippen LogP contribution in [0.1, 0.15) is 37.1 Å². The summed E-state index contributed by atoms with van der Waals surface area (Å²) in [6.07, 6.45) is 1.16. The number of fused-ring (bicyclic) bond motifs is 1. The van der Waals surface area contributed by atoms with E-state index in [4.69, 9.17) is 4.74 Å². The van der Waals surface area contributed by atoms with Crippen LogP contribution in [-0.4, -0.2) is 59.8 Å². The molecule has 34 heavy (non-hydrogen) atoms. The van der Waals surface area contributed by atoms with Gasteiger partial charge < -0.3 is 9.64 Å². The number of nitrogens with one attached hydrogen (secondary N) is 1. The minimum Gasteiger partial charge on any atom is -0.381 e. The summed E-state index contributed by atoms with van der Waals surface area (Å²) in [5, 5.41) is 16.5. The largest absolute Gasteiger partial charge is 0.381 e. The molecule has 0 radical (unpaired) electrons. The fourth-order valence-corrected chi connectivity index (χ4v) is 6.11. The quantitative estimate of drug-likeness (QED) is 0.515. The van der Waals surface area contributed by atoms with Crippen LogP contribution in [0.5, 0.6) is 0 Å². The molecule has 3 aromatic heterocycles. The Morgan fingerprint density at radius 3 is 2.68 bits per heavy atom. The van der Waals surface area contributed by atoms with E-state index in [-0.39, 0.29) is 21.6 Å². The van der Waals surface area contributed by atoms with Crippen molar-refractivity contribution in [2.24, 2.45) is 0 Å². The molecule has 1 saturated carbocycles. The Morgan fingerprint density at radius 2 is 2.06 bits per heavy atom. The van der Waals surface area contributed by atoms with Crippen molar-refractivity contribution in [2.45, 2.75) is 48.6 Å². The Morgan fingerprint density at radius 1 is 1.32 bits per heavy atom. The van der Waals surface area contributed by atoms with Crippen LogP contribution in [0.4, 0.5) is 14.6 Å². The van der Waals surface area contributed by atoms with Gasteiger partial charge in [-0.2, -0.15) is 9.98 Å². The highest BCUT2D eigenvalue weighted by Gasteiger charge is 2.47. The summed E-state index contributed by atoms with van der Waals surface area (Å²) in [6.45, 7) is 1.19. The van der Waals surface area contributed by atoms with E-state index in [1.807, 2.05) is 18.0 Å². The monoisotopic (exact) mass is 509 g/mol. The van der Waals surface area contributed by atoms with Crippen molar-refractivity contribution in [1.29, 1.82) is 5.26 Å². The van der Waals surface area contributed by atoms with Gasteiger partial charge in [0, 0.05) is 26.3 Å². The van der Waals surface area contributed by atoms with Crippen molar-refractivity contribution >= 4 is 32.7 Å². The van der Waals surface area contributed by atoms with E-state index in [1.54, 1.807) is 4.40 Å². The average molecular weight is 510 g/mol. The first-order valence-electron chi connectivity index (χ1n) is 10.6. The summed E-state index contributed by atoms with van der Waals surface area (Å²) < 4.78 is 62.3. The number of anilines is 1. The minimum absolute atomic E-state index is 0.0456. The molecule has 0 atom stereocenters. The number of alkyl halides is 2. The molecule has 10 nitrogen and oxygen atoms in total. The molecule has 0 amide bonds. The molecule has 1 aliphatic heterocycles. The fourth-order valence-electron chi connectivity index (χ4n) is 4.00. The molecule has 0 unspecified atom stereocenters. The summed E-state index contributed by atoms with van der Waals surface area (Å²) in [4.78, 5) is 6.29. The van der Waals surface area contributed by atoms with Crippen LogP contribution in [0.3, 0.4) is 0 Å². The van der Waals surface area contributed by atoms with Crippen LogP contribution in [0.2, 0.25) is 0 Å². The first-order chi connectivity index (χ1) is 16.2. The topological polar surface area (TPSA) is 126 Å². The SMILES string of the molecule is CN(c1cc(S(=O)(=O)NC2(C#N)CC2)cc2c(-c3nnc(C(F)F)s3)ncn12)C1CCOCC1. The molecular formula is C20H21F2N7O3S2. The van der Waals surface area contributed by atoms with Crippen molar-refractivity contribution in [3.8, 4) is 16.8 Å². The number of halogens is 2. The summed E-state index contributed by atoms with van der Waals surface area (Å²) in [7, 11) is -2.18. The van der Waals surface area contributed by atoms with E-state index in [0.717, 1.165) is 12.8 Å². The van der Waals surface area contributed by atoms with Gasteiger partial charge in [-0.25, -0.2) is 22.2 Å². The molecule has 0 spiro atoms. The van der Waals surface area contributed by atoms with E-state index in [0.29, 0.717) is 48.7 Å². The van der Waals surface area contributed by atoms with Crippen molar-refractivity contribution in [3.05, 3.63) is 23.5 Å². The Kier molecular flexibility index (Phi) is 5.75. The van der Waals surface area contributed by atoms with Gasteiger partial charge in [-0.1, -0.05) is 11.3 Å². The van der Waals surface area contributed by atoms with Crippen molar-refractivity contribution in [1.82, 2.24) is 24.3 Å². The molecule has 1 N–H and O–H groups in total. The lowest BCUT2D eigenvalue weighted by Crippen LogP contribution is -2.38. The first kappa shape index (κ1) is 23.0. The molecule has 0 aromatic carbocycles. The zero-order valence-electron chi connectivity index (χ0n) is 18.1. The maximum Gasteiger partial charge on any atom is 0.291 e. The molecule has 2 fully saturated rings. The smallest absolute Gasteiger partial charge is 0.291 e. The Bertz CT molecular complexity index is 1370. The molecule has 4 heterocycles. The van der Waals surface area contributed by atoms with E-state index in [2.05, 4.69) is 19.9 Å². The van der Waals surface area contributed by atoms with Gasteiger partial charge in [0.25, 0.3) is 6.43 Å². The van der Waals surface area contributed by atoms with Crippen molar-refractivity contribution in [3.63, 3.8) is 0 Å². The number of hydrogen-bond donors (Lipinski definition) is 1. The predicted octanol–water partition coefficient (Wildman–Crippen LogP) is 2.74. The number of imidazole rings is 1. The molecule has 5 rings (SSSR count). The number of aromatic nitrogens is 4. The van der Waals surface area contributed by atoms with Gasteiger partial charge in [0.15, 0.2) is 10.0 Å². The molecule has 2 aliphatic rings. The number of hydrogen-bond acceptors (Lipinski definition) is 9. The van der Waals surface area contributed by atoms with Crippen LogP contribution < -0.4 is 9.62 Å². The lowest BCUT2D eigenvalue weighted by molar-refractivity contribution is 0.0853. The summed E-state index contributed by atoms with van der Waals surface area (Å²) in [6, 6.07) is 5.09. The Labute approximate surface area is 198 Å². The Balaban J connectivity index is 1.65. The van der Waals surface area contributed by atoms with Gasteiger partial charge in [-0.05, 0) is 37.8 Å². The van der Waals surface area contributed by atoms with E-state index >= 15 is 0 Å². The maximum absolute atomic E-state index is 13.2. The Hall–Kier alpha value is -2.73. The molecule has 0 bridgehead atoms. The highest BCUT2D eigenvalue weighted by molar-refractivity contribution is 7.89. The number of ether oxygens (including phenoxy) is 1. The predicted molar refractivity (Wildman–Crippen MR) is 119 cm³/mol. The van der Waals surface area contributed by atoms with Crippen LogP contribution in [0.15, 0.2) is 23.4 Å².